The molecule has 0 bridgehead atoms. The number of amides is 1. The Labute approximate surface area is 123 Å². The molecule has 6 heteroatoms. The molecule has 5 nitrogen and oxygen atoms in total. The standard InChI is InChI=1S/C14H22N4OS/c19-13(17-14-16-6-7-20-14)10-18(12-3-4-12)9-11-2-1-5-15-8-11/h6-7,11-12,15H,1-5,8-10H2,(H,16,17,19). The summed E-state index contributed by atoms with van der Waals surface area (Å²) in [4.78, 5) is 18.6. The SMILES string of the molecule is O=C(CN(CC1CCCNC1)C1CC1)Nc1nccs1. The molecule has 1 amide bonds. The minimum absolute atomic E-state index is 0.0654. The number of nitrogens with zero attached hydrogens (tertiary/aromatic N) is 2. The van der Waals surface area contributed by atoms with Gasteiger partial charge in [0.15, 0.2) is 5.13 Å². The fraction of sp³-hybridized carbons (Fsp3) is 0.714. The first kappa shape index (κ1) is 14.0. The zero-order chi connectivity index (χ0) is 13.8. The monoisotopic (exact) mass is 294 g/mol. The lowest BCUT2D eigenvalue weighted by molar-refractivity contribution is -0.117. The van der Waals surface area contributed by atoms with Crippen molar-refractivity contribution in [1.29, 1.82) is 0 Å². The molecule has 1 aliphatic heterocycles. The van der Waals surface area contributed by atoms with Crippen LogP contribution in [0, 0.1) is 5.92 Å². The molecule has 0 radical (unpaired) electrons. The molecule has 0 spiro atoms. The maximum absolute atomic E-state index is 12.1. The average molecular weight is 294 g/mol. The smallest absolute Gasteiger partial charge is 0.240 e. The van der Waals surface area contributed by atoms with Crippen LogP contribution in [0.3, 0.4) is 0 Å². The van der Waals surface area contributed by atoms with Crippen LogP contribution in [0.15, 0.2) is 11.6 Å². The van der Waals surface area contributed by atoms with E-state index in [1.54, 1.807) is 6.20 Å². The highest BCUT2D eigenvalue weighted by Crippen LogP contribution is 2.28. The number of hydrogen-bond acceptors (Lipinski definition) is 5. The predicted molar refractivity (Wildman–Crippen MR) is 80.9 cm³/mol. The fourth-order valence-electron chi connectivity index (χ4n) is 2.82. The van der Waals surface area contributed by atoms with Crippen LogP contribution < -0.4 is 10.6 Å². The molecule has 2 aliphatic rings. The molecule has 1 atom stereocenters. The molecule has 1 aliphatic carbocycles. The molecular formula is C14H22N4OS. The molecule has 3 rings (SSSR count). The number of aromatic nitrogens is 1. The van der Waals surface area contributed by atoms with E-state index >= 15 is 0 Å². The van der Waals surface area contributed by atoms with Crippen molar-refractivity contribution in [3.8, 4) is 0 Å². The second-order valence-corrected chi connectivity index (χ2v) is 6.65. The number of anilines is 1. The third kappa shape index (κ3) is 4.01. The van der Waals surface area contributed by atoms with Gasteiger partial charge in [-0.25, -0.2) is 4.98 Å². The minimum Gasteiger partial charge on any atom is -0.316 e. The highest BCUT2D eigenvalue weighted by molar-refractivity contribution is 7.13. The Bertz CT molecular complexity index is 426. The Morgan fingerprint density at radius 2 is 2.40 bits per heavy atom. The zero-order valence-corrected chi connectivity index (χ0v) is 12.5. The number of rotatable bonds is 6. The van der Waals surface area contributed by atoms with Crippen LogP contribution in [0.2, 0.25) is 0 Å². The van der Waals surface area contributed by atoms with Gasteiger partial charge in [-0.05, 0) is 44.7 Å². The normalized spacial score (nSPS) is 22.9. The highest BCUT2D eigenvalue weighted by Gasteiger charge is 2.32. The summed E-state index contributed by atoms with van der Waals surface area (Å²) >= 11 is 1.47. The van der Waals surface area contributed by atoms with E-state index in [4.69, 9.17) is 0 Å². The molecule has 110 valence electrons. The summed E-state index contributed by atoms with van der Waals surface area (Å²) in [6.45, 7) is 3.78. The third-order valence-electron chi connectivity index (χ3n) is 3.98. The average Bonchev–Trinajstić information content (AvgIpc) is 3.18. The maximum atomic E-state index is 12.1. The van der Waals surface area contributed by atoms with Crippen LogP contribution in [0.5, 0.6) is 0 Å². The van der Waals surface area contributed by atoms with Crippen LogP contribution in [0.1, 0.15) is 25.7 Å². The number of piperidine rings is 1. The number of carbonyl (C=O) groups is 1. The first-order valence-corrected chi connectivity index (χ1v) is 8.33. The molecule has 1 aromatic heterocycles. The molecular weight excluding hydrogens is 272 g/mol. The van der Waals surface area contributed by atoms with Gasteiger partial charge in [0, 0.05) is 24.2 Å². The summed E-state index contributed by atoms with van der Waals surface area (Å²) in [6.07, 6.45) is 6.74. The first-order chi connectivity index (χ1) is 9.81. The maximum Gasteiger partial charge on any atom is 0.240 e. The lowest BCUT2D eigenvalue weighted by Gasteiger charge is -2.29. The predicted octanol–water partition coefficient (Wildman–Crippen LogP) is 1.55. The summed E-state index contributed by atoms with van der Waals surface area (Å²) < 4.78 is 0. The van der Waals surface area contributed by atoms with Gasteiger partial charge in [0.25, 0.3) is 0 Å². The van der Waals surface area contributed by atoms with E-state index in [9.17, 15) is 4.79 Å². The van der Waals surface area contributed by atoms with Crippen LogP contribution in [0.25, 0.3) is 0 Å². The molecule has 2 N–H and O–H groups in total. The largest absolute Gasteiger partial charge is 0.316 e. The van der Waals surface area contributed by atoms with Gasteiger partial charge < -0.3 is 10.6 Å². The molecule has 1 saturated carbocycles. The second kappa shape index (κ2) is 6.65. The Morgan fingerprint density at radius 1 is 1.50 bits per heavy atom. The summed E-state index contributed by atoms with van der Waals surface area (Å²) in [5, 5.41) is 8.91. The van der Waals surface area contributed by atoms with Gasteiger partial charge in [-0.1, -0.05) is 0 Å². The lowest BCUT2D eigenvalue weighted by atomic mass is 9.99. The first-order valence-electron chi connectivity index (χ1n) is 7.45. The quantitative estimate of drug-likeness (QED) is 0.836. The van der Waals surface area contributed by atoms with E-state index in [1.807, 2.05) is 5.38 Å². The topological polar surface area (TPSA) is 57.3 Å². The Kier molecular flexibility index (Phi) is 4.65. The van der Waals surface area contributed by atoms with Gasteiger partial charge >= 0.3 is 0 Å². The molecule has 1 saturated heterocycles. The van der Waals surface area contributed by atoms with Gasteiger partial charge in [0.2, 0.25) is 5.91 Å². The number of hydrogen-bond donors (Lipinski definition) is 2. The van der Waals surface area contributed by atoms with E-state index < -0.39 is 0 Å². The van der Waals surface area contributed by atoms with Crippen LogP contribution in [-0.4, -0.2) is 48.0 Å². The fourth-order valence-corrected chi connectivity index (χ4v) is 3.37. The molecule has 0 aromatic carbocycles. The highest BCUT2D eigenvalue weighted by atomic mass is 32.1. The van der Waals surface area contributed by atoms with Crippen molar-refractivity contribution in [2.24, 2.45) is 5.92 Å². The van der Waals surface area contributed by atoms with Crippen LogP contribution >= 0.6 is 11.3 Å². The Morgan fingerprint density at radius 3 is 3.05 bits per heavy atom. The summed E-state index contributed by atoms with van der Waals surface area (Å²) in [7, 11) is 0. The number of carbonyl (C=O) groups excluding carboxylic acids is 1. The van der Waals surface area contributed by atoms with E-state index in [2.05, 4.69) is 20.5 Å². The van der Waals surface area contributed by atoms with E-state index in [0.717, 1.165) is 19.6 Å². The summed E-state index contributed by atoms with van der Waals surface area (Å²) in [6, 6.07) is 0.624. The second-order valence-electron chi connectivity index (χ2n) is 5.76. The Balaban J connectivity index is 1.50. The zero-order valence-electron chi connectivity index (χ0n) is 11.7. The number of thiazole rings is 1. The van der Waals surface area contributed by atoms with Gasteiger partial charge in [-0.15, -0.1) is 11.3 Å². The van der Waals surface area contributed by atoms with Crippen molar-refractivity contribution in [2.75, 3.05) is 31.5 Å². The van der Waals surface area contributed by atoms with Crippen molar-refractivity contribution >= 4 is 22.4 Å². The van der Waals surface area contributed by atoms with Crippen LogP contribution in [0.4, 0.5) is 5.13 Å². The van der Waals surface area contributed by atoms with Crippen LogP contribution in [-0.2, 0) is 4.79 Å². The summed E-state index contributed by atoms with van der Waals surface area (Å²) in [5.74, 6) is 0.757. The van der Waals surface area contributed by atoms with Gasteiger partial charge in [0.1, 0.15) is 0 Å². The molecule has 1 unspecified atom stereocenters. The number of nitrogens with one attached hydrogen (secondary N) is 2. The molecule has 1 aromatic rings. The van der Waals surface area contributed by atoms with Crippen molar-refractivity contribution in [3.63, 3.8) is 0 Å². The van der Waals surface area contributed by atoms with E-state index in [1.165, 1.54) is 37.0 Å². The van der Waals surface area contributed by atoms with Crippen molar-refractivity contribution < 1.29 is 4.79 Å². The molecule has 20 heavy (non-hydrogen) atoms. The van der Waals surface area contributed by atoms with E-state index in [0.29, 0.717) is 23.6 Å². The van der Waals surface area contributed by atoms with Gasteiger partial charge in [-0.2, -0.15) is 0 Å². The van der Waals surface area contributed by atoms with Crippen molar-refractivity contribution in [1.82, 2.24) is 15.2 Å². The molecule has 2 heterocycles. The van der Waals surface area contributed by atoms with Crippen molar-refractivity contribution in [3.05, 3.63) is 11.6 Å². The minimum atomic E-state index is 0.0654. The van der Waals surface area contributed by atoms with Gasteiger partial charge in [0.05, 0.1) is 6.54 Å². The lowest BCUT2D eigenvalue weighted by Crippen LogP contribution is -2.42. The van der Waals surface area contributed by atoms with Gasteiger partial charge in [-0.3, -0.25) is 9.69 Å². The summed E-state index contributed by atoms with van der Waals surface area (Å²) in [5.41, 5.74) is 0. The van der Waals surface area contributed by atoms with Crippen molar-refractivity contribution in [2.45, 2.75) is 31.7 Å². The third-order valence-corrected chi connectivity index (χ3v) is 4.67. The Hall–Kier alpha value is -0.980. The van der Waals surface area contributed by atoms with E-state index in [-0.39, 0.29) is 5.91 Å². The molecule has 2 fully saturated rings.